The maximum absolute atomic E-state index is 13.5. The van der Waals surface area contributed by atoms with E-state index in [1.165, 1.54) is 6.07 Å². The summed E-state index contributed by atoms with van der Waals surface area (Å²) in [4.78, 5) is 28.2. The first-order valence-electron chi connectivity index (χ1n) is 10.7. The van der Waals surface area contributed by atoms with E-state index >= 15 is 0 Å². The van der Waals surface area contributed by atoms with Crippen molar-refractivity contribution in [3.63, 3.8) is 0 Å². The monoisotopic (exact) mass is 487 g/mol. The van der Waals surface area contributed by atoms with Crippen LogP contribution in [-0.2, 0) is 20.5 Å². The number of nitrogens with one attached hydrogen (secondary N) is 1. The molecular formula is C21H27Cl2N3O4S. The molecule has 3 aliphatic rings. The van der Waals surface area contributed by atoms with Crippen LogP contribution in [0.4, 0.5) is 0 Å². The van der Waals surface area contributed by atoms with Gasteiger partial charge in [-0.15, -0.1) is 0 Å². The first-order chi connectivity index (χ1) is 14.9. The molecule has 1 unspecified atom stereocenters. The van der Waals surface area contributed by atoms with Gasteiger partial charge in [-0.3, -0.25) is 9.59 Å². The Hall–Kier alpha value is -1.19. The number of halogens is 2. The highest BCUT2D eigenvalue weighted by Gasteiger charge is 2.46. The molecule has 1 aromatic rings. The Kier molecular flexibility index (Phi) is 7.23. The molecule has 170 valence electrons. The summed E-state index contributed by atoms with van der Waals surface area (Å²) >= 11 is 12.1. The van der Waals surface area contributed by atoms with Crippen molar-refractivity contribution in [2.75, 3.05) is 45.9 Å². The topological polar surface area (TPSA) is 79.0 Å². The standard InChI is InChI=1S/C21H27Cl2N3O4S/c22-15-1-4-17(18(23)13-15)19(27)24-14-21(20(28)25-9-11-30-12-10-25)5-7-26(8-6-21)31(29)16-2-3-16/h1,4,13,16H,2-3,5-12,14H2,(H,24,27). The number of benzene rings is 1. The maximum atomic E-state index is 13.5. The van der Waals surface area contributed by atoms with Gasteiger partial charge in [-0.2, -0.15) is 0 Å². The number of hydrogen-bond donors (Lipinski definition) is 1. The molecule has 3 fully saturated rings. The Labute approximate surface area is 195 Å². The third-order valence-electron chi connectivity index (χ3n) is 6.26. The highest BCUT2D eigenvalue weighted by molar-refractivity contribution is 7.83. The quantitative estimate of drug-likeness (QED) is 0.668. The number of ether oxygens (including phenoxy) is 1. The predicted octanol–water partition coefficient (Wildman–Crippen LogP) is 2.49. The summed E-state index contributed by atoms with van der Waals surface area (Å²) in [6, 6.07) is 4.72. The zero-order valence-corrected chi connectivity index (χ0v) is 19.6. The molecule has 31 heavy (non-hydrogen) atoms. The fourth-order valence-electron chi connectivity index (χ4n) is 4.16. The fourth-order valence-corrected chi connectivity index (χ4v) is 6.16. The normalized spacial score (nSPS) is 22.7. The highest BCUT2D eigenvalue weighted by atomic mass is 35.5. The molecule has 0 aromatic heterocycles. The van der Waals surface area contributed by atoms with E-state index in [0.717, 1.165) is 12.8 Å². The smallest absolute Gasteiger partial charge is 0.252 e. The summed E-state index contributed by atoms with van der Waals surface area (Å²) in [5.41, 5.74) is -0.400. The van der Waals surface area contributed by atoms with Crippen molar-refractivity contribution < 1.29 is 18.5 Å². The third-order valence-corrected chi connectivity index (χ3v) is 8.72. The molecule has 4 rings (SSSR count). The van der Waals surface area contributed by atoms with Crippen molar-refractivity contribution >= 4 is 46.0 Å². The number of carbonyl (C=O) groups excluding carboxylic acids is 2. The van der Waals surface area contributed by atoms with Gasteiger partial charge < -0.3 is 15.0 Å². The van der Waals surface area contributed by atoms with Crippen molar-refractivity contribution in [3.05, 3.63) is 33.8 Å². The van der Waals surface area contributed by atoms with Crippen molar-refractivity contribution in [1.29, 1.82) is 0 Å². The summed E-state index contributed by atoms with van der Waals surface area (Å²) in [6.07, 6.45) is 3.13. The molecule has 1 N–H and O–H groups in total. The van der Waals surface area contributed by atoms with Crippen molar-refractivity contribution in [1.82, 2.24) is 14.5 Å². The van der Waals surface area contributed by atoms with Gasteiger partial charge in [-0.1, -0.05) is 23.2 Å². The molecule has 0 bridgehead atoms. The molecule has 0 spiro atoms. The lowest BCUT2D eigenvalue weighted by Gasteiger charge is -2.43. The molecule has 10 heteroatoms. The summed E-state index contributed by atoms with van der Waals surface area (Å²) in [6.45, 7) is 3.52. The van der Waals surface area contributed by atoms with Gasteiger partial charge in [0.1, 0.15) is 0 Å². The Morgan fingerprint density at radius 1 is 1.13 bits per heavy atom. The van der Waals surface area contributed by atoms with Crippen LogP contribution in [0.15, 0.2) is 18.2 Å². The van der Waals surface area contributed by atoms with Gasteiger partial charge in [-0.05, 0) is 43.9 Å². The largest absolute Gasteiger partial charge is 0.378 e. The summed E-state index contributed by atoms with van der Waals surface area (Å²) < 4.78 is 20.0. The van der Waals surface area contributed by atoms with Crippen molar-refractivity contribution in [2.45, 2.75) is 30.9 Å². The van der Waals surface area contributed by atoms with Gasteiger partial charge in [0, 0.05) is 43.0 Å². The molecule has 7 nitrogen and oxygen atoms in total. The van der Waals surface area contributed by atoms with Crippen LogP contribution in [0, 0.1) is 5.41 Å². The molecule has 2 amide bonds. The van der Waals surface area contributed by atoms with Gasteiger partial charge in [0.05, 0.1) is 40.2 Å². The first-order valence-corrected chi connectivity index (χ1v) is 12.6. The highest BCUT2D eigenvalue weighted by Crippen LogP contribution is 2.37. The van der Waals surface area contributed by atoms with Gasteiger partial charge >= 0.3 is 0 Å². The number of morpholine rings is 1. The molecule has 1 aromatic carbocycles. The number of amides is 2. The SMILES string of the molecule is O=C(NCC1(C(=O)N2CCOCC2)CCN(S(=O)C2CC2)CC1)c1ccc(Cl)cc1Cl. The number of carbonyl (C=O) groups is 2. The van der Waals surface area contributed by atoms with Gasteiger partial charge in [0.25, 0.3) is 5.91 Å². The lowest BCUT2D eigenvalue weighted by atomic mass is 9.77. The second-order valence-electron chi connectivity index (χ2n) is 8.40. The Morgan fingerprint density at radius 3 is 2.42 bits per heavy atom. The van der Waals surface area contributed by atoms with Crippen LogP contribution in [0.2, 0.25) is 10.0 Å². The number of rotatable bonds is 6. The zero-order valence-electron chi connectivity index (χ0n) is 17.3. The Morgan fingerprint density at radius 2 is 1.81 bits per heavy atom. The van der Waals surface area contributed by atoms with Crippen molar-refractivity contribution in [2.24, 2.45) is 5.41 Å². The summed E-state index contributed by atoms with van der Waals surface area (Å²) in [7, 11) is -0.975. The number of hydrogen-bond acceptors (Lipinski definition) is 4. The second-order valence-corrected chi connectivity index (χ2v) is 11.0. The predicted molar refractivity (Wildman–Crippen MR) is 121 cm³/mol. The van der Waals surface area contributed by atoms with Crippen LogP contribution in [0.1, 0.15) is 36.0 Å². The van der Waals surface area contributed by atoms with Crippen molar-refractivity contribution in [3.8, 4) is 0 Å². The van der Waals surface area contributed by atoms with E-state index in [4.69, 9.17) is 27.9 Å². The second kappa shape index (κ2) is 9.75. The van der Waals surface area contributed by atoms with Crippen LogP contribution in [0.25, 0.3) is 0 Å². The van der Waals surface area contributed by atoms with E-state index in [1.807, 2.05) is 9.21 Å². The lowest BCUT2D eigenvalue weighted by molar-refractivity contribution is -0.148. The van der Waals surface area contributed by atoms with E-state index in [9.17, 15) is 13.8 Å². The van der Waals surface area contributed by atoms with E-state index in [2.05, 4.69) is 5.32 Å². The van der Waals surface area contributed by atoms with E-state index in [0.29, 0.717) is 62.8 Å². The van der Waals surface area contributed by atoms with Gasteiger partial charge in [-0.25, -0.2) is 8.51 Å². The Balaban J connectivity index is 1.47. The van der Waals surface area contributed by atoms with Gasteiger partial charge in [0.15, 0.2) is 0 Å². The summed E-state index contributed by atoms with van der Waals surface area (Å²) in [5, 5.41) is 3.93. The fraction of sp³-hybridized carbons (Fsp3) is 0.619. The van der Waals surface area contributed by atoms with Gasteiger partial charge in [0.2, 0.25) is 5.91 Å². The van der Waals surface area contributed by atoms with Crippen LogP contribution < -0.4 is 5.32 Å². The van der Waals surface area contributed by atoms with Crippen LogP contribution in [0.3, 0.4) is 0 Å². The van der Waals surface area contributed by atoms with E-state index in [-0.39, 0.29) is 28.6 Å². The Bertz CT molecular complexity index is 866. The molecule has 1 aliphatic carbocycles. The summed E-state index contributed by atoms with van der Waals surface area (Å²) in [5.74, 6) is -0.296. The minimum Gasteiger partial charge on any atom is -0.378 e. The molecule has 2 aliphatic heterocycles. The number of piperidine rings is 1. The zero-order chi connectivity index (χ0) is 22.0. The molecule has 2 heterocycles. The number of nitrogens with zero attached hydrogens (tertiary/aromatic N) is 2. The van der Waals surface area contributed by atoms with Crippen LogP contribution >= 0.6 is 23.2 Å². The average molecular weight is 488 g/mol. The van der Waals surface area contributed by atoms with Crippen LogP contribution in [0.5, 0.6) is 0 Å². The minimum atomic E-state index is -0.975. The lowest BCUT2D eigenvalue weighted by Crippen LogP contribution is -2.57. The molecule has 1 saturated carbocycles. The minimum absolute atomic E-state index is 0.0372. The van der Waals surface area contributed by atoms with E-state index in [1.54, 1.807) is 12.1 Å². The molecule has 0 radical (unpaired) electrons. The first kappa shape index (κ1) is 23.0. The maximum Gasteiger partial charge on any atom is 0.252 e. The molecule has 1 atom stereocenters. The van der Waals surface area contributed by atoms with E-state index < -0.39 is 16.4 Å². The average Bonchev–Trinajstić information content (AvgIpc) is 3.63. The molecule has 2 saturated heterocycles. The van der Waals surface area contributed by atoms with Crippen LogP contribution in [-0.4, -0.2) is 76.4 Å². The third kappa shape index (κ3) is 5.25. The molecular weight excluding hydrogens is 461 g/mol.